The minimum Gasteiger partial charge on any atom is -0.409 e. The largest absolute Gasteiger partial charge is 0.409 e. The van der Waals surface area contributed by atoms with Crippen LogP contribution in [0.1, 0.15) is 17.0 Å². The lowest BCUT2D eigenvalue weighted by molar-refractivity contribution is 0.318. The lowest BCUT2D eigenvalue weighted by Crippen LogP contribution is -2.17. The van der Waals surface area contributed by atoms with Gasteiger partial charge in [0.1, 0.15) is 0 Å². The van der Waals surface area contributed by atoms with Crippen LogP contribution in [0.5, 0.6) is 0 Å². The van der Waals surface area contributed by atoms with Crippen molar-refractivity contribution in [3.05, 3.63) is 52.3 Å². The minimum atomic E-state index is 0.0459. The Labute approximate surface area is 126 Å². The van der Waals surface area contributed by atoms with Gasteiger partial charge < -0.3 is 10.9 Å². The van der Waals surface area contributed by atoms with Crippen molar-refractivity contribution >= 4 is 29.2 Å². The maximum atomic E-state index is 8.93. The van der Waals surface area contributed by atoms with Crippen LogP contribution < -0.4 is 5.73 Å². The number of aromatic nitrogens is 1. The Kier molecular flexibility index (Phi) is 4.52. The number of benzene rings is 1. The van der Waals surface area contributed by atoms with E-state index in [-0.39, 0.29) is 5.84 Å². The molecule has 0 aliphatic rings. The highest BCUT2D eigenvalue weighted by Gasteiger charge is 2.15. The summed E-state index contributed by atoms with van der Waals surface area (Å²) in [4.78, 5) is 6.12. The lowest BCUT2D eigenvalue weighted by atomic mass is 10.1. The fraction of sp³-hybridized carbons (Fsp3) is 0.143. The summed E-state index contributed by atoms with van der Waals surface area (Å²) in [5.74, 6) is 0.0459. The van der Waals surface area contributed by atoms with Gasteiger partial charge in [-0.25, -0.2) is 0 Å². The number of amidine groups is 1. The Hall–Kier alpha value is -1.72. The van der Waals surface area contributed by atoms with Crippen LogP contribution in [0.15, 0.2) is 45.3 Å². The number of aryl methyl sites for hydroxylation is 2. The molecule has 0 fully saturated rings. The van der Waals surface area contributed by atoms with Crippen molar-refractivity contribution in [2.75, 3.05) is 0 Å². The molecule has 0 unspecified atom stereocenters. The van der Waals surface area contributed by atoms with Gasteiger partial charge in [-0.1, -0.05) is 40.7 Å². The zero-order valence-corrected chi connectivity index (χ0v) is 12.7. The first-order chi connectivity index (χ1) is 9.52. The quantitative estimate of drug-likeness (QED) is 0.393. The first kappa shape index (κ1) is 14.7. The van der Waals surface area contributed by atoms with Gasteiger partial charge in [-0.3, -0.25) is 4.98 Å². The number of hydrogen-bond acceptors (Lipinski definition) is 4. The molecule has 0 amide bonds. The van der Waals surface area contributed by atoms with Crippen LogP contribution in [0.3, 0.4) is 0 Å². The van der Waals surface area contributed by atoms with Gasteiger partial charge in [0.05, 0.1) is 10.6 Å². The summed E-state index contributed by atoms with van der Waals surface area (Å²) in [5, 5.41) is 12.7. The van der Waals surface area contributed by atoms with Crippen LogP contribution in [0.4, 0.5) is 0 Å². The maximum Gasteiger partial charge on any atom is 0.173 e. The van der Waals surface area contributed by atoms with E-state index < -0.39 is 0 Å². The molecule has 6 heteroatoms. The van der Waals surface area contributed by atoms with Gasteiger partial charge in [0, 0.05) is 21.2 Å². The van der Waals surface area contributed by atoms with Crippen molar-refractivity contribution in [2.24, 2.45) is 10.9 Å². The van der Waals surface area contributed by atoms with E-state index in [1.807, 2.05) is 44.2 Å². The predicted molar refractivity (Wildman–Crippen MR) is 81.8 cm³/mol. The zero-order valence-electron chi connectivity index (χ0n) is 11.1. The molecule has 3 N–H and O–H groups in total. The van der Waals surface area contributed by atoms with Crippen molar-refractivity contribution in [2.45, 2.75) is 23.6 Å². The smallest absolute Gasteiger partial charge is 0.173 e. The molecule has 0 saturated carbocycles. The molecule has 2 aromatic rings. The molecule has 0 spiro atoms. The normalized spacial score (nSPS) is 11.7. The molecule has 0 radical (unpaired) electrons. The van der Waals surface area contributed by atoms with E-state index in [1.165, 1.54) is 11.8 Å². The third-order valence-corrected chi connectivity index (χ3v) is 4.27. The van der Waals surface area contributed by atoms with E-state index in [9.17, 15) is 0 Å². The van der Waals surface area contributed by atoms with Gasteiger partial charge in [-0.2, -0.15) is 0 Å². The molecule has 2 rings (SSSR count). The average molecular weight is 308 g/mol. The van der Waals surface area contributed by atoms with Gasteiger partial charge in [-0.15, -0.1) is 0 Å². The average Bonchev–Trinajstić information content (AvgIpc) is 2.40. The number of nitrogens with two attached hydrogens (primary N) is 1. The molecule has 1 aromatic heterocycles. The van der Waals surface area contributed by atoms with E-state index in [4.69, 9.17) is 22.5 Å². The van der Waals surface area contributed by atoms with Crippen molar-refractivity contribution in [1.29, 1.82) is 0 Å². The van der Waals surface area contributed by atoms with E-state index in [1.54, 1.807) is 0 Å². The van der Waals surface area contributed by atoms with E-state index in [0.29, 0.717) is 10.6 Å². The van der Waals surface area contributed by atoms with Crippen LogP contribution in [-0.4, -0.2) is 16.0 Å². The Morgan fingerprint density at radius 3 is 2.65 bits per heavy atom. The van der Waals surface area contributed by atoms with Crippen molar-refractivity contribution in [3.63, 3.8) is 0 Å². The molecule has 0 bridgehead atoms. The summed E-state index contributed by atoms with van der Waals surface area (Å²) < 4.78 is 0. The molecule has 0 atom stereocenters. The molecule has 4 nitrogen and oxygen atoms in total. The van der Waals surface area contributed by atoms with E-state index >= 15 is 0 Å². The van der Waals surface area contributed by atoms with Crippen LogP contribution in [0.2, 0.25) is 5.02 Å². The summed E-state index contributed by atoms with van der Waals surface area (Å²) in [7, 11) is 0. The Morgan fingerprint density at radius 2 is 2.00 bits per heavy atom. The molecule has 1 aromatic carbocycles. The summed E-state index contributed by atoms with van der Waals surface area (Å²) in [6.45, 7) is 3.73. The highest BCUT2D eigenvalue weighted by atomic mass is 35.5. The predicted octanol–water partition coefficient (Wildman–Crippen LogP) is 3.60. The maximum absolute atomic E-state index is 8.93. The molecule has 0 aliphatic heterocycles. The highest BCUT2D eigenvalue weighted by molar-refractivity contribution is 7.99. The summed E-state index contributed by atoms with van der Waals surface area (Å²) in [6, 6.07) is 9.44. The second-order valence-electron chi connectivity index (χ2n) is 4.24. The summed E-state index contributed by atoms with van der Waals surface area (Å²) >= 11 is 7.64. The first-order valence-corrected chi connectivity index (χ1v) is 7.11. The molecule has 1 heterocycles. The van der Waals surface area contributed by atoms with Gasteiger partial charge in [0.2, 0.25) is 0 Å². The molecular weight excluding hydrogens is 294 g/mol. The SMILES string of the molecule is Cc1cc(Sc2ccccc2Cl)c(/C(N)=N/O)c(C)n1. The van der Waals surface area contributed by atoms with Crippen LogP contribution in [0.25, 0.3) is 0 Å². The van der Waals surface area contributed by atoms with E-state index in [2.05, 4.69) is 10.1 Å². The van der Waals surface area contributed by atoms with Crippen molar-refractivity contribution in [3.8, 4) is 0 Å². The van der Waals surface area contributed by atoms with Crippen LogP contribution >= 0.6 is 23.4 Å². The Balaban J connectivity index is 2.53. The van der Waals surface area contributed by atoms with Crippen LogP contribution in [-0.2, 0) is 0 Å². The van der Waals surface area contributed by atoms with Gasteiger partial charge in [-0.05, 0) is 32.0 Å². The molecule has 0 aliphatic carbocycles. The standard InChI is InChI=1S/C14H14ClN3OS/c1-8-7-12(13(9(2)17-8)14(16)18-19)20-11-6-4-3-5-10(11)15/h3-7,19H,1-2H3,(H2,16,18). The Morgan fingerprint density at radius 1 is 1.30 bits per heavy atom. The molecular formula is C14H14ClN3OS. The molecule has 20 heavy (non-hydrogen) atoms. The van der Waals surface area contributed by atoms with Gasteiger partial charge in [0.25, 0.3) is 0 Å². The number of rotatable bonds is 3. The summed E-state index contributed by atoms with van der Waals surface area (Å²) in [5.41, 5.74) is 7.96. The van der Waals surface area contributed by atoms with Gasteiger partial charge in [0.15, 0.2) is 5.84 Å². The number of halogens is 1. The molecule has 0 saturated heterocycles. The third-order valence-electron chi connectivity index (χ3n) is 2.71. The topological polar surface area (TPSA) is 71.5 Å². The molecule has 104 valence electrons. The Bertz CT molecular complexity index is 673. The zero-order chi connectivity index (χ0) is 14.7. The second kappa shape index (κ2) is 6.15. The highest BCUT2D eigenvalue weighted by Crippen LogP contribution is 2.35. The minimum absolute atomic E-state index is 0.0459. The van der Waals surface area contributed by atoms with Gasteiger partial charge >= 0.3 is 0 Å². The number of nitrogens with zero attached hydrogens (tertiary/aromatic N) is 2. The monoisotopic (exact) mass is 307 g/mol. The number of hydrogen-bond donors (Lipinski definition) is 2. The van der Waals surface area contributed by atoms with Crippen molar-refractivity contribution in [1.82, 2.24) is 4.98 Å². The number of oxime groups is 1. The number of pyridine rings is 1. The van der Waals surface area contributed by atoms with Crippen LogP contribution in [0, 0.1) is 13.8 Å². The second-order valence-corrected chi connectivity index (χ2v) is 5.73. The van der Waals surface area contributed by atoms with Crippen molar-refractivity contribution < 1.29 is 5.21 Å². The summed E-state index contributed by atoms with van der Waals surface area (Å²) in [6.07, 6.45) is 0. The fourth-order valence-corrected chi connectivity index (χ4v) is 3.27. The van der Waals surface area contributed by atoms with E-state index in [0.717, 1.165) is 21.2 Å². The lowest BCUT2D eigenvalue weighted by Gasteiger charge is -2.12. The first-order valence-electron chi connectivity index (χ1n) is 5.91. The fourth-order valence-electron chi connectivity index (χ4n) is 1.88. The third kappa shape index (κ3) is 3.05.